The van der Waals surface area contributed by atoms with E-state index >= 15 is 0 Å². The van der Waals surface area contributed by atoms with E-state index in [1.807, 2.05) is 14.1 Å². The van der Waals surface area contributed by atoms with Crippen LogP contribution in [0.25, 0.3) is 0 Å². The molecule has 0 aliphatic heterocycles. The van der Waals surface area contributed by atoms with Crippen molar-refractivity contribution < 1.29 is 8.42 Å². The largest absolute Gasteiger partial charge is 0.397 e. The summed E-state index contributed by atoms with van der Waals surface area (Å²) in [6, 6.07) is 4.36. The summed E-state index contributed by atoms with van der Waals surface area (Å²) in [5.74, 6) is 0. The maximum Gasteiger partial charge on any atom is 0.240 e. The van der Waals surface area contributed by atoms with Gasteiger partial charge in [-0.15, -0.1) is 0 Å². The smallest absolute Gasteiger partial charge is 0.240 e. The van der Waals surface area contributed by atoms with Gasteiger partial charge in [0, 0.05) is 12.1 Å². The highest BCUT2D eigenvalue weighted by molar-refractivity contribution is 7.89. The lowest BCUT2D eigenvalue weighted by Crippen LogP contribution is -2.50. The minimum Gasteiger partial charge on any atom is -0.397 e. The molecule has 1 fully saturated rings. The van der Waals surface area contributed by atoms with E-state index in [1.54, 1.807) is 0 Å². The summed E-state index contributed by atoms with van der Waals surface area (Å²) in [5, 5.41) is 0.356. The van der Waals surface area contributed by atoms with E-state index in [0.717, 1.165) is 25.7 Å². The van der Waals surface area contributed by atoms with Gasteiger partial charge in [-0.05, 0) is 45.1 Å². The fourth-order valence-electron chi connectivity index (χ4n) is 2.82. The van der Waals surface area contributed by atoms with Crippen LogP contribution >= 0.6 is 11.6 Å². The number of anilines is 1. The molecule has 0 spiro atoms. The number of likely N-dealkylation sites (N-methyl/N-ethyl adjacent to an activating group) is 1. The SMILES string of the molecule is CN(C)C1(CNS(=O)(=O)c2ccc(Cl)c(N)c2)CCCC1. The van der Waals surface area contributed by atoms with Gasteiger partial charge in [-0.3, -0.25) is 0 Å². The topological polar surface area (TPSA) is 75.4 Å². The highest BCUT2D eigenvalue weighted by Crippen LogP contribution is 2.33. The van der Waals surface area contributed by atoms with Crippen molar-refractivity contribution in [1.29, 1.82) is 0 Å². The standard InChI is InChI=1S/C14H22ClN3O2S/c1-18(2)14(7-3-4-8-14)10-17-21(19,20)11-5-6-12(15)13(16)9-11/h5-6,9,17H,3-4,7-8,10,16H2,1-2H3. The molecule has 7 heteroatoms. The molecule has 0 heterocycles. The number of nitrogens with two attached hydrogens (primary N) is 1. The summed E-state index contributed by atoms with van der Waals surface area (Å²) < 4.78 is 27.5. The molecule has 1 aliphatic carbocycles. The lowest BCUT2D eigenvalue weighted by atomic mass is 9.97. The van der Waals surface area contributed by atoms with Crippen LogP contribution in [0.2, 0.25) is 5.02 Å². The molecule has 3 N–H and O–H groups in total. The van der Waals surface area contributed by atoms with E-state index in [0.29, 0.717) is 11.6 Å². The van der Waals surface area contributed by atoms with Gasteiger partial charge in [-0.1, -0.05) is 24.4 Å². The molecule has 0 bridgehead atoms. The van der Waals surface area contributed by atoms with E-state index in [1.165, 1.54) is 18.2 Å². The van der Waals surface area contributed by atoms with Crippen LogP contribution in [0, 0.1) is 0 Å². The lowest BCUT2D eigenvalue weighted by Gasteiger charge is -2.36. The van der Waals surface area contributed by atoms with E-state index < -0.39 is 10.0 Å². The van der Waals surface area contributed by atoms with Crippen LogP contribution in [-0.2, 0) is 10.0 Å². The van der Waals surface area contributed by atoms with Crippen LogP contribution in [0.5, 0.6) is 0 Å². The number of nitrogens with one attached hydrogen (secondary N) is 1. The Hall–Kier alpha value is -0.820. The number of nitrogen functional groups attached to an aromatic ring is 1. The maximum atomic E-state index is 12.4. The Bertz CT molecular complexity index is 611. The first-order valence-electron chi connectivity index (χ1n) is 6.99. The average Bonchev–Trinajstić information content (AvgIpc) is 2.90. The summed E-state index contributed by atoms with van der Waals surface area (Å²) in [6.45, 7) is 0.408. The van der Waals surface area contributed by atoms with Gasteiger partial charge < -0.3 is 10.6 Å². The third-order valence-electron chi connectivity index (χ3n) is 4.35. The normalized spacial score (nSPS) is 18.3. The Morgan fingerprint density at radius 3 is 2.48 bits per heavy atom. The van der Waals surface area contributed by atoms with Gasteiger partial charge in [0.1, 0.15) is 0 Å². The Kier molecular flexibility index (Phi) is 4.82. The molecule has 0 radical (unpaired) electrons. The number of hydrogen-bond acceptors (Lipinski definition) is 4. The molecular formula is C14H22ClN3O2S. The zero-order valence-corrected chi connectivity index (χ0v) is 14.0. The van der Waals surface area contributed by atoms with Gasteiger partial charge in [0.25, 0.3) is 0 Å². The predicted octanol–water partition coefficient (Wildman–Crippen LogP) is 2.07. The van der Waals surface area contributed by atoms with Crippen LogP contribution in [-0.4, -0.2) is 39.5 Å². The molecule has 1 aromatic rings. The van der Waals surface area contributed by atoms with Gasteiger partial charge in [0.05, 0.1) is 15.6 Å². The summed E-state index contributed by atoms with van der Waals surface area (Å²) in [7, 11) is 0.426. The zero-order valence-electron chi connectivity index (χ0n) is 12.4. The second kappa shape index (κ2) is 6.12. The summed E-state index contributed by atoms with van der Waals surface area (Å²) >= 11 is 5.83. The van der Waals surface area contributed by atoms with Crippen molar-refractivity contribution in [2.24, 2.45) is 0 Å². The lowest BCUT2D eigenvalue weighted by molar-refractivity contribution is 0.162. The quantitative estimate of drug-likeness (QED) is 0.810. The molecule has 0 aromatic heterocycles. The van der Waals surface area contributed by atoms with Crippen molar-refractivity contribution in [2.45, 2.75) is 36.1 Å². The summed E-state index contributed by atoms with van der Waals surface area (Å²) in [6.07, 6.45) is 4.28. The monoisotopic (exact) mass is 331 g/mol. The predicted molar refractivity (Wildman–Crippen MR) is 85.9 cm³/mol. The van der Waals surface area contributed by atoms with Crippen molar-refractivity contribution in [3.05, 3.63) is 23.2 Å². The first-order chi connectivity index (χ1) is 9.77. The molecule has 1 saturated carbocycles. The second-order valence-corrected chi connectivity index (χ2v) is 8.01. The molecule has 2 rings (SSSR count). The molecule has 0 unspecified atom stereocenters. The Morgan fingerprint density at radius 2 is 1.95 bits per heavy atom. The maximum absolute atomic E-state index is 12.4. The van der Waals surface area contributed by atoms with Crippen molar-refractivity contribution in [2.75, 3.05) is 26.4 Å². The van der Waals surface area contributed by atoms with Gasteiger partial charge in [0.15, 0.2) is 0 Å². The van der Waals surface area contributed by atoms with Crippen LogP contribution < -0.4 is 10.5 Å². The number of sulfonamides is 1. The summed E-state index contributed by atoms with van der Waals surface area (Å²) in [4.78, 5) is 2.27. The Balaban J connectivity index is 2.15. The number of benzene rings is 1. The number of halogens is 1. The fraction of sp³-hybridized carbons (Fsp3) is 0.571. The molecule has 118 valence electrons. The molecule has 0 amide bonds. The third-order valence-corrected chi connectivity index (χ3v) is 6.10. The highest BCUT2D eigenvalue weighted by atomic mass is 35.5. The van der Waals surface area contributed by atoms with Crippen LogP contribution in [0.15, 0.2) is 23.1 Å². The zero-order chi connectivity index (χ0) is 15.7. The third kappa shape index (κ3) is 3.51. The van der Waals surface area contributed by atoms with Crippen molar-refractivity contribution in [1.82, 2.24) is 9.62 Å². The van der Waals surface area contributed by atoms with Crippen molar-refractivity contribution >= 4 is 27.3 Å². The molecule has 21 heavy (non-hydrogen) atoms. The second-order valence-electron chi connectivity index (χ2n) is 5.83. The number of rotatable bonds is 5. The fourth-order valence-corrected chi connectivity index (χ4v) is 4.09. The highest BCUT2D eigenvalue weighted by Gasteiger charge is 2.37. The molecule has 1 aliphatic rings. The van der Waals surface area contributed by atoms with Gasteiger partial charge in [-0.25, -0.2) is 13.1 Å². The Morgan fingerprint density at radius 1 is 1.33 bits per heavy atom. The van der Waals surface area contributed by atoms with Crippen LogP contribution in [0.1, 0.15) is 25.7 Å². The molecule has 0 saturated heterocycles. The van der Waals surface area contributed by atoms with Gasteiger partial charge in [0.2, 0.25) is 10.0 Å². The first kappa shape index (κ1) is 16.5. The van der Waals surface area contributed by atoms with Crippen LogP contribution in [0.4, 0.5) is 5.69 Å². The number of nitrogens with zero attached hydrogens (tertiary/aromatic N) is 1. The van der Waals surface area contributed by atoms with E-state index in [-0.39, 0.29) is 16.1 Å². The Labute approximate surface area is 131 Å². The first-order valence-corrected chi connectivity index (χ1v) is 8.85. The van der Waals surface area contributed by atoms with Gasteiger partial charge >= 0.3 is 0 Å². The minimum atomic E-state index is -3.57. The summed E-state index contributed by atoms with van der Waals surface area (Å²) in [5.41, 5.74) is 5.85. The van der Waals surface area contributed by atoms with Crippen molar-refractivity contribution in [3.63, 3.8) is 0 Å². The molecule has 1 aromatic carbocycles. The van der Waals surface area contributed by atoms with Gasteiger partial charge in [-0.2, -0.15) is 0 Å². The van der Waals surface area contributed by atoms with E-state index in [2.05, 4.69) is 9.62 Å². The molecule has 5 nitrogen and oxygen atoms in total. The number of hydrogen-bond donors (Lipinski definition) is 2. The molecular weight excluding hydrogens is 310 g/mol. The molecule has 0 atom stereocenters. The van der Waals surface area contributed by atoms with E-state index in [9.17, 15) is 8.42 Å². The van der Waals surface area contributed by atoms with E-state index in [4.69, 9.17) is 17.3 Å². The van der Waals surface area contributed by atoms with Crippen LogP contribution in [0.3, 0.4) is 0 Å². The van der Waals surface area contributed by atoms with Crippen molar-refractivity contribution in [3.8, 4) is 0 Å². The average molecular weight is 332 g/mol. The minimum absolute atomic E-state index is 0.0922.